The van der Waals surface area contributed by atoms with E-state index in [2.05, 4.69) is 20.9 Å². The maximum absolute atomic E-state index is 13.9. The maximum atomic E-state index is 13.9. The first kappa shape index (κ1) is 29.6. The Morgan fingerprint density at radius 2 is 1.73 bits per heavy atom. The van der Waals surface area contributed by atoms with E-state index < -0.39 is 89.8 Å². The number of benzene rings is 2. The third kappa shape index (κ3) is 9.86. The number of carbonyl (C=O) groups is 4. The Labute approximate surface area is 295 Å². The minimum atomic E-state index is -1.55. The van der Waals surface area contributed by atoms with Crippen LogP contribution in [0.5, 0.6) is 0 Å². The van der Waals surface area contributed by atoms with Gasteiger partial charge < -0.3 is 26.8 Å². The van der Waals surface area contributed by atoms with Crippen LogP contribution in [0.4, 0.5) is 0 Å². The Morgan fingerprint density at radius 1 is 1.02 bits per heavy atom. The van der Waals surface area contributed by atoms with Gasteiger partial charge in [0.15, 0.2) is 0 Å². The first-order valence-corrected chi connectivity index (χ1v) is 17.0. The van der Waals surface area contributed by atoms with Crippen LogP contribution in [-0.2, 0) is 20.8 Å². The van der Waals surface area contributed by atoms with Crippen molar-refractivity contribution >= 4 is 34.5 Å². The molecule has 1 aliphatic carbocycles. The van der Waals surface area contributed by atoms with Gasteiger partial charge in [-0.15, -0.1) is 0 Å². The fraction of sp³-hybridized carbons (Fsp3) is 0.500. The highest BCUT2D eigenvalue weighted by atomic mass is 16.3. The number of amides is 4. The van der Waals surface area contributed by atoms with Crippen LogP contribution in [-0.4, -0.2) is 81.5 Å². The molecule has 1 saturated carbocycles. The van der Waals surface area contributed by atoms with Crippen LogP contribution in [0.25, 0.3) is 10.9 Å². The van der Waals surface area contributed by atoms with E-state index in [1.807, 2.05) is 56.0 Å². The van der Waals surface area contributed by atoms with Crippen LogP contribution in [0.15, 0.2) is 66.6 Å². The Bertz CT molecular complexity index is 1890. The number of aromatic nitrogens is 1. The predicted molar refractivity (Wildman–Crippen MR) is 188 cm³/mol. The van der Waals surface area contributed by atoms with Crippen molar-refractivity contribution in [2.45, 2.75) is 95.5 Å². The number of hydrogen-bond donors (Lipinski definition) is 5. The van der Waals surface area contributed by atoms with Gasteiger partial charge in [-0.1, -0.05) is 73.8 Å². The number of carbonyl (C=O) groups excluding carboxylic acids is 4. The van der Waals surface area contributed by atoms with Crippen molar-refractivity contribution in [1.29, 1.82) is 0 Å². The number of nitrogens with two attached hydrogens (primary N) is 1. The first-order valence-electron chi connectivity index (χ1n) is 19.5. The summed E-state index contributed by atoms with van der Waals surface area (Å²) in [5, 5.41) is 20.2. The average molecular weight is 676 g/mol. The molecule has 1 aromatic heterocycles. The standard InChI is InChI=1S/C38H50N6O5/c1-38(2,3)43-37(49)32-20-26-14-7-8-15-27(26)22-44(32)23-33(45)30(19-24-11-5-4-6-12-24)41-36(48)31(21-34(39)46)42-35(47)29-18-17-25-13-9-10-16-28(25)40-29/h4-6,9-13,16-18,26-27,30-33,45H,7-8,14-15,19-23H2,1-3H3,(H2,39,46)(H,41,48)(H,42,47)(H,43,49)/t26-,27+,30-,31-,32-,33+/m0/s1/i9D,10D,13D,16D,18D. The number of rotatable bonds is 12. The fourth-order valence-corrected chi connectivity index (χ4v) is 6.98. The number of β-amino-alcohol motifs (C(OH)–C–C–N with tert-alkyl or cyclic N) is 1. The van der Waals surface area contributed by atoms with E-state index >= 15 is 0 Å². The summed E-state index contributed by atoms with van der Waals surface area (Å²) in [5.74, 6) is -2.10. The second kappa shape index (κ2) is 15.9. The van der Waals surface area contributed by atoms with E-state index in [1.54, 1.807) is 0 Å². The zero-order valence-corrected chi connectivity index (χ0v) is 28.3. The van der Waals surface area contributed by atoms with Gasteiger partial charge in [0.25, 0.3) is 5.91 Å². The summed E-state index contributed by atoms with van der Waals surface area (Å²) in [6.45, 7) is 6.46. The Balaban J connectivity index is 1.40. The van der Waals surface area contributed by atoms with Crippen molar-refractivity contribution in [2.75, 3.05) is 13.1 Å². The smallest absolute Gasteiger partial charge is 0.270 e. The molecule has 1 saturated heterocycles. The number of primary amides is 1. The molecule has 0 unspecified atom stereocenters. The molecule has 6 atom stereocenters. The first-order chi connectivity index (χ1) is 25.4. The number of fused-ring (bicyclic) bond motifs is 2. The van der Waals surface area contributed by atoms with Gasteiger partial charge in [0.2, 0.25) is 17.7 Å². The molecule has 2 heterocycles. The van der Waals surface area contributed by atoms with Gasteiger partial charge in [-0.25, -0.2) is 4.98 Å². The molecule has 2 aliphatic rings. The lowest BCUT2D eigenvalue weighted by Gasteiger charge is -2.47. The third-order valence-corrected chi connectivity index (χ3v) is 9.33. The van der Waals surface area contributed by atoms with E-state index in [0.29, 0.717) is 24.8 Å². The molecule has 5 rings (SSSR count). The lowest BCUT2D eigenvalue weighted by molar-refractivity contribution is -0.133. The van der Waals surface area contributed by atoms with E-state index in [0.717, 1.165) is 37.3 Å². The molecule has 1 aliphatic heterocycles. The fourth-order valence-electron chi connectivity index (χ4n) is 6.98. The summed E-state index contributed by atoms with van der Waals surface area (Å²) in [6.07, 6.45) is 3.38. The largest absolute Gasteiger partial charge is 0.390 e. The van der Waals surface area contributed by atoms with Crippen molar-refractivity contribution in [3.05, 3.63) is 77.9 Å². The van der Waals surface area contributed by atoms with Crippen LogP contribution in [0.2, 0.25) is 0 Å². The lowest BCUT2D eigenvalue weighted by atomic mass is 9.72. The van der Waals surface area contributed by atoms with Crippen molar-refractivity contribution in [3.8, 4) is 0 Å². The quantitative estimate of drug-likeness (QED) is 0.197. The number of likely N-dealkylation sites (tertiary alicyclic amines) is 1. The molecule has 2 fully saturated rings. The van der Waals surface area contributed by atoms with Crippen molar-refractivity contribution in [2.24, 2.45) is 17.6 Å². The van der Waals surface area contributed by atoms with Crippen LogP contribution in [0.1, 0.15) is 82.2 Å². The number of nitrogens with zero attached hydrogens (tertiary/aromatic N) is 2. The van der Waals surface area contributed by atoms with Crippen LogP contribution < -0.4 is 21.7 Å². The molecule has 0 bridgehead atoms. The molecule has 0 spiro atoms. The molecule has 49 heavy (non-hydrogen) atoms. The van der Waals surface area contributed by atoms with Crippen LogP contribution in [0, 0.1) is 11.8 Å². The van der Waals surface area contributed by atoms with Crippen LogP contribution >= 0.6 is 0 Å². The average Bonchev–Trinajstić information content (AvgIpc) is 3.11. The van der Waals surface area contributed by atoms with Crippen molar-refractivity contribution in [3.63, 3.8) is 0 Å². The lowest BCUT2D eigenvalue weighted by Crippen LogP contribution is -2.61. The Hall–Kier alpha value is -4.35. The van der Waals surface area contributed by atoms with E-state index in [1.165, 1.54) is 0 Å². The molecule has 11 heteroatoms. The summed E-state index contributed by atoms with van der Waals surface area (Å²) in [7, 11) is 0. The summed E-state index contributed by atoms with van der Waals surface area (Å²) in [6, 6.07) is 4.85. The minimum absolute atomic E-state index is 0.0578. The number of pyridine rings is 1. The summed E-state index contributed by atoms with van der Waals surface area (Å²) in [4.78, 5) is 59.4. The molecule has 11 nitrogen and oxygen atoms in total. The van der Waals surface area contributed by atoms with E-state index in [9.17, 15) is 24.3 Å². The molecule has 4 amide bonds. The highest BCUT2D eigenvalue weighted by Gasteiger charge is 2.42. The van der Waals surface area contributed by atoms with Gasteiger partial charge in [0.1, 0.15) is 11.7 Å². The van der Waals surface area contributed by atoms with Gasteiger partial charge in [-0.2, -0.15) is 0 Å². The Morgan fingerprint density at radius 3 is 2.45 bits per heavy atom. The second-order valence-electron chi connectivity index (χ2n) is 14.3. The second-order valence-corrected chi connectivity index (χ2v) is 14.3. The SMILES string of the molecule is [2H]c1cc2c([2H])c([2H])c([2H])c([2H])c2nc1C(=O)N[C@@H](CC(N)=O)C(=O)N[C@@H](Cc1ccccc1)[C@H](O)CN1C[C@H]2CCCC[C@H]2C[C@H]1C(=O)NC(C)(C)C. The summed E-state index contributed by atoms with van der Waals surface area (Å²) in [5.41, 5.74) is 5.07. The topological polar surface area (TPSA) is 167 Å². The normalized spacial score (nSPS) is 22.9. The van der Waals surface area contributed by atoms with Crippen molar-refractivity contribution < 1.29 is 31.1 Å². The third-order valence-electron chi connectivity index (χ3n) is 9.33. The predicted octanol–water partition coefficient (Wildman–Crippen LogP) is 3.09. The molecular weight excluding hydrogens is 620 g/mol. The van der Waals surface area contributed by atoms with E-state index in [4.69, 9.17) is 12.6 Å². The number of hydrogen-bond acceptors (Lipinski definition) is 7. The molecule has 262 valence electrons. The van der Waals surface area contributed by atoms with Gasteiger partial charge in [-0.3, -0.25) is 24.1 Å². The Kier molecular flexibility index (Phi) is 9.60. The zero-order valence-electron chi connectivity index (χ0n) is 33.3. The zero-order chi connectivity index (χ0) is 39.5. The maximum Gasteiger partial charge on any atom is 0.270 e. The molecule has 6 N–H and O–H groups in total. The molecule has 3 aromatic rings. The van der Waals surface area contributed by atoms with Gasteiger partial charge in [0, 0.05) is 24.0 Å². The summed E-state index contributed by atoms with van der Waals surface area (Å²) < 4.78 is 40.7. The van der Waals surface area contributed by atoms with Crippen LogP contribution in [0.3, 0.4) is 0 Å². The number of para-hydroxylation sites is 1. The molecule has 0 radical (unpaired) electrons. The van der Waals surface area contributed by atoms with E-state index in [-0.39, 0.29) is 29.8 Å². The number of aliphatic hydroxyl groups is 1. The number of piperidine rings is 1. The van der Waals surface area contributed by atoms with Gasteiger partial charge in [0.05, 0.1) is 37.0 Å². The monoisotopic (exact) mass is 675 g/mol. The number of aliphatic hydroxyl groups excluding tert-OH is 1. The van der Waals surface area contributed by atoms with Gasteiger partial charge >= 0.3 is 0 Å². The highest BCUT2D eigenvalue weighted by Crippen LogP contribution is 2.39. The number of nitrogens with one attached hydrogen (secondary N) is 3. The van der Waals surface area contributed by atoms with Gasteiger partial charge in [-0.05, 0) is 69.5 Å². The molecule has 2 aromatic carbocycles. The minimum Gasteiger partial charge on any atom is -0.390 e. The van der Waals surface area contributed by atoms with Crippen molar-refractivity contribution in [1.82, 2.24) is 25.8 Å². The molecular formula is C38H50N6O5. The highest BCUT2D eigenvalue weighted by molar-refractivity contribution is 5.99. The summed E-state index contributed by atoms with van der Waals surface area (Å²) >= 11 is 0.